The van der Waals surface area contributed by atoms with Crippen LogP contribution in [0.25, 0.3) is 11.5 Å². The third-order valence-electron chi connectivity index (χ3n) is 3.43. The van der Waals surface area contributed by atoms with Gasteiger partial charge in [-0.15, -0.1) is 10.2 Å². The summed E-state index contributed by atoms with van der Waals surface area (Å²) in [7, 11) is 0. The third-order valence-corrected chi connectivity index (χ3v) is 3.43. The van der Waals surface area contributed by atoms with Crippen LogP contribution in [0.15, 0.2) is 52.9 Å². The number of aliphatic hydroxyl groups is 1. The highest BCUT2D eigenvalue weighted by molar-refractivity contribution is 5.89. The molecule has 0 saturated carbocycles. The fourth-order valence-corrected chi connectivity index (χ4v) is 2.16. The van der Waals surface area contributed by atoms with Crippen LogP contribution in [0.2, 0.25) is 0 Å². The second-order valence-corrected chi connectivity index (χ2v) is 5.30. The van der Waals surface area contributed by atoms with Gasteiger partial charge in [-0.3, -0.25) is 0 Å². The lowest BCUT2D eigenvalue weighted by atomic mass is 10.1. The molecule has 0 bridgehead atoms. The van der Waals surface area contributed by atoms with Crippen molar-refractivity contribution in [3.05, 3.63) is 71.1 Å². The summed E-state index contributed by atoms with van der Waals surface area (Å²) in [6, 6.07) is 14.2. The molecule has 0 saturated heterocycles. The van der Waals surface area contributed by atoms with E-state index in [1.165, 1.54) is 0 Å². The number of carbonyl (C=O) groups excluding carboxylic acids is 1. The van der Waals surface area contributed by atoms with E-state index >= 15 is 0 Å². The van der Waals surface area contributed by atoms with Gasteiger partial charge in [-0.25, -0.2) is 4.79 Å². The summed E-state index contributed by atoms with van der Waals surface area (Å²) in [6.07, 6.45) is 0. The minimum absolute atomic E-state index is 0.0704. The van der Waals surface area contributed by atoms with Crippen LogP contribution in [-0.2, 0) is 18.0 Å². The van der Waals surface area contributed by atoms with Crippen molar-refractivity contribution in [1.29, 1.82) is 0 Å². The van der Waals surface area contributed by atoms with Gasteiger partial charge in [-0.05, 0) is 36.8 Å². The number of rotatable bonds is 5. The van der Waals surface area contributed by atoms with Gasteiger partial charge in [0.25, 0.3) is 5.89 Å². The molecule has 0 aliphatic rings. The number of hydrogen-bond donors (Lipinski definition) is 1. The molecule has 0 amide bonds. The summed E-state index contributed by atoms with van der Waals surface area (Å²) in [6.45, 7) is 1.81. The van der Waals surface area contributed by atoms with Crippen molar-refractivity contribution in [3.63, 3.8) is 0 Å². The summed E-state index contributed by atoms with van der Waals surface area (Å²) < 4.78 is 10.7. The Balaban J connectivity index is 1.63. The molecule has 0 spiro atoms. The number of esters is 1. The van der Waals surface area contributed by atoms with E-state index in [4.69, 9.17) is 14.3 Å². The molecule has 0 aliphatic heterocycles. The van der Waals surface area contributed by atoms with Gasteiger partial charge in [0.15, 0.2) is 6.61 Å². The fraction of sp³-hybridized carbons (Fsp3) is 0.167. The topological polar surface area (TPSA) is 85.5 Å². The number of aryl methyl sites for hydroxylation is 1. The van der Waals surface area contributed by atoms with Crippen molar-refractivity contribution in [1.82, 2.24) is 10.2 Å². The van der Waals surface area contributed by atoms with Crippen LogP contribution < -0.4 is 0 Å². The molecule has 3 aromatic rings. The fourth-order valence-electron chi connectivity index (χ4n) is 2.16. The monoisotopic (exact) mass is 324 g/mol. The molecule has 6 heteroatoms. The number of aliphatic hydroxyl groups excluding tert-OH is 1. The van der Waals surface area contributed by atoms with Gasteiger partial charge in [0.2, 0.25) is 5.89 Å². The average Bonchev–Trinajstić information content (AvgIpc) is 3.09. The molecule has 0 unspecified atom stereocenters. The molecular formula is C18H16N2O4. The van der Waals surface area contributed by atoms with E-state index in [9.17, 15) is 4.79 Å². The molecule has 0 fully saturated rings. The van der Waals surface area contributed by atoms with Crippen molar-refractivity contribution in [2.45, 2.75) is 20.1 Å². The summed E-state index contributed by atoms with van der Waals surface area (Å²) in [4.78, 5) is 12.0. The molecular weight excluding hydrogens is 308 g/mol. The van der Waals surface area contributed by atoms with Crippen molar-refractivity contribution >= 4 is 5.97 Å². The molecule has 0 radical (unpaired) electrons. The maximum atomic E-state index is 12.0. The lowest BCUT2D eigenvalue weighted by Gasteiger charge is -2.03. The first-order valence-electron chi connectivity index (χ1n) is 7.42. The average molecular weight is 324 g/mol. The smallest absolute Gasteiger partial charge is 0.338 e. The molecule has 0 aliphatic carbocycles. The molecule has 122 valence electrons. The Morgan fingerprint density at radius 1 is 1.17 bits per heavy atom. The van der Waals surface area contributed by atoms with E-state index < -0.39 is 5.97 Å². The van der Waals surface area contributed by atoms with Crippen molar-refractivity contribution in [2.75, 3.05) is 0 Å². The predicted molar refractivity (Wildman–Crippen MR) is 86.0 cm³/mol. The van der Waals surface area contributed by atoms with Gasteiger partial charge in [0.05, 0.1) is 12.2 Å². The summed E-state index contributed by atoms with van der Waals surface area (Å²) in [5, 5.41) is 16.8. The molecule has 6 nitrogen and oxygen atoms in total. The highest BCUT2D eigenvalue weighted by Crippen LogP contribution is 2.19. The zero-order valence-corrected chi connectivity index (χ0v) is 13.1. The number of nitrogens with zero attached hydrogens (tertiary/aromatic N) is 2. The SMILES string of the molecule is Cc1cccc(-c2nnc(COC(=O)c3ccc(CO)cc3)o2)c1. The number of ether oxygens (including phenoxy) is 1. The Labute approximate surface area is 138 Å². The Bertz CT molecular complexity index is 840. The van der Waals surface area contributed by atoms with Crippen molar-refractivity contribution in [3.8, 4) is 11.5 Å². The lowest BCUT2D eigenvalue weighted by molar-refractivity contribution is 0.0438. The second kappa shape index (κ2) is 7.06. The molecule has 1 N–H and O–H groups in total. The zero-order valence-electron chi connectivity index (χ0n) is 13.1. The van der Waals surface area contributed by atoms with Gasteiger partial charge >= 0.3 is 5.97 Å². The number of aromatic nitrogens is 2. The van der Waals surface area contributed by atoms with Crippen molar-refractivity contribution in [2.24, 2.45) is 0 Å². The van der Waals surface area contributed by atoms with Crippen LogP contribution in [0.5, 0.6) is 0 Å². The van der Waals surface area contributed by atoms with Crippen LogP contribution in [0, 0.1) is 6.92 Å². The van der Waals surface area contributed by atoms with Crippen molar-refractivity contribution < 1.29 is 19.1 Å². The van der Waals surface area contributed by atoms with Crippen LogP contribution in [0.1, 0.15) is 27.4 Å². The molecule has 3 rings (SSSR count). The maximum absolute atomic E-state index is 12.0. The molecule has 24 heavy (non-hydrogen) atoms. The molecule has 0 atom stereocenters. The van der Waals surface area contributed by atoms with Crippen LogP contribution in [-0.4, -0.2) is 21.3 Å². The first-order valence-corrected chi connectivity index (χ1v) is 7.42. The van der Waals surface area contributed by atoms with Crippen LogP contribution in [0.3, 0.4) is 0 Å². The predicted octanol–water partition coefficient (Wildman–Crippen LogP) is 2.89. The Hall–Kier alpha value is -2.99. The van der Waals surface area contributed by atoms with E-state index in [1.807, 2.05) is 31.2 Å². The number of hydrogen-bond acceptors (Lipinski definition) is 6. The first kappa shape index (κ1) is 15.9. The summed E-state index contributed by atoms with van der Waals surface area (Å²) in [5.74, 6) is 0.124. The zero-order chi connectivity index (χ0) is 16.9. The van der Waals surface area contributed by atoms with Gasteiger partial charge < -0.3 is 14.3 Å². The van der Waals surface area contributed by atoms with Gasteiger partial charge in [-0.2, -0.15) is 0 Å². The van der Waals surface area contributed by atoms with Crippen LogP contribution >= 0.6 is 0 Å². The van der Waals surface area contributed by atoms with E-state index in [2.05, 4.69) is 10.2 Å². The minimum atomic E-state index is -0.491. The summed E-state index contributed by atoms with van der Waals surface area (Å²) >= 11 is 0. The molecule has 1 heterocycles. The molecule has 1 aromatic heterocycles. The first-order chi connectivity index (χ1) is 11.7. The van der Waals surface area contributed by atoms with E-state index in [0.29, 0.717) is 11.5 Å². The Morgan fingerprint density at radius 2 is 1.96 bits per heavy atom. The minimum Gasteiger partial charge on any atom is -0.452 e. The standard InChI is InChI=1S/C18H16N2O4/c1-12-3-2-4-15(9-12)17-20-19-16(24-17)11-23-18(22)14-7-5-13(10-21)6-8-14/h2-9,21H,10-11H2,1H3. The highest BCUT2D eigenvalue weighted by atomic mass is 16.5. The Morgan fingerprint density at radius 3 is 2.67 bits per heavy atom. The highest BCUT2D eigenvalue weighted by Gasteiger charge is 2.12. The van der Waals surface area contributed by atoms with E-state index in [-0.39, 0.29) is 19.1 Å². The normalized spacial score (nSPS) is 10.6. The number of carbonyl (C=O) groups is 1. The maximum Gasteiger partial charge on any atom is 0.338 e. The van der Waals surface area contributed by atoms with Gasteiger partial charge in [0, 0.05) is 5.56 Å². The number of benzene rings is 2. The van der Waals surface area contributed by atoms with Gasteiger partial charge in [0.1, 0.15) is 0 Å². The van der Waals surface area contributed by atoms with Crippen LogP contribution in [0.4, 0.5) is 0 Å². The van der Waals surface area contributed by atoms with E-state index in [0.717, 1.165) is 16.7 Å². The molecule has 2 aromatic carbocycles. The van der Waals surface area contributed by atoms with E-state index in [1.54, 1.807) is 24.3 Å². The van der Waals surface area contributed by atoms with Gasteiger partial charge in [-0.1, -0.05) is 29.8 Å². The third kappa shape index (κ3) is 3.67. The quantitative estimate of drug-likeness (QED) is 0.726. The summed E-state index contributed by atoms with van der Waals surface area (Å²) in [5.41, 5.74) is 3.03. The second-order valence-electron chi connectivity index (χ2n) is 5.30. The lowest BCUT2D eigenvalue weighted by Crippen LogP contribution is -2.05. The Kier molecular flexibility index (Phi) is 4.67. The largest absolute Gasteiger partial charge is 0.452 e.